The van der Waals surface area contributed by atoms with Gasteiger partial charge < -0.3 is 10.2 Å². The van der Waals surface area contributed by atoms with Crippen LogP contribution in [0.15, 0.2) is 12.2 Å². The highest BCUT2D eigenvalue weighted by molar-refractivity contribution is 5.78. The number of allylic oxidation sites excluding steroid dienone is 2. The van der Waals surface area contributed by atoms with Crippen molar-refractivity contribution in [3.05, 3.63) is 12.2 Å². The lowest BCUT2D eigenvalue weighted by molar-refractivity contribution is -0.134. The van der Waals surface area contributed by atoms with Gasteiger partial charge in [0, 0.05) is 39.1 Å². The van der Waals surface area contributed by atoms with Crippen LogP contribution >= 0.6 is 0 Å². The zero-order chi connectivity index (χ0) is 15.5. The van der Waals surface area contributed by atoms with Crippen LogP contribution in [0.4, 0.5) is 0 Å². The molecule has 122 valence electrons. The molecular formula is C17H27N3O2. The number of amides is 2. The van der Waals surface area contributed by atoms with Crippen LogP contribution in [0.3, 0.4) is 0 Å². The molecule has 22 heavy (non-hydrogen) atoms. The Kier molecular flexibility index (Phi) is 4.81. The molecule has 0 spiro atoms. The smallest absolute Gasteiger partial charge is 0.234 e. The van der Waals surface area contributed by atoms with Gasteiger partial charge in [-0.2, -0.15) is 0 Å². The molecule has 2 bridgehead atoms. The van der Waals surface area contributed by atoms with Gasteiger partial charge in [0.05, 0.1) is 6.54 Å². The Morgan fingerprint density at radius 1 is 1.14 bits per heavy atom. The average Bonchev–Trinajstić information content (AvgIpc) is 3.10. The first-order chi connectivity index (χ1) is 10.7. The summed E-state index contributed by atoms with van der Waals surface area (Å²) < 4.78 is 0. The fourth-order valence-electron chi connectivity index (χ4n) is 4.09. The number of hydrogen-bond donors (Lipinski definition) is 1. The van der Waals surface area contributed by atoms with E-state index in [-0.39, 0.29) is 5.91 Å². The van der Waals surface area contributed by atoms with Gasteiger partial charge in [0.25, 0.3) is 0 Å². The van der Waals surface area contributed by atoms with Crippen molar-refractivity contribution in [2.75, 3.05) is 39.3 Å². The van der Waals surface area contributed by atoms with Gasteiger partial charge in [-0.15, -0.1) is 0 Å². The van der Waals surface area contributed by atoms with E-state index >= 15 is 0 Å². The minimum Gasteiger partial charge on any atom is -0.355 e. The molecule has 1 heterocycles. The van der Waals surface area contributed by atoms with Crippen LogP contribution in [0, 0.1) is 17.8 Å². The topological polar surface area (TPSA) is 52.7 Å². The van der Waals surface area contributed by atoms with Crippen LogP contribution in [-0.4, -0.2) is 60.9 Å². The molecule has 3 rings (SSSR count). The molecule has 1 aliphatic heterocycles. The van der Waals surface area contributed by atoms with Crippen molar-refractivity contribution >= 4 is 11.8 Å². The maximum absolute atomic E-state index is 12.5. The minimum atomic E-state index is 0.0797. The molecule has 0 aromatic heterocycles. The highest BCUT2D eigenvalue weighted by atomic mass is 16.2. The second kappa shape index (κ2) is 6.82. The van der Waals surface area contributed by atoms with Crippen molar-refractivity contribution in [3.8, 4) is 0 Å². The van der Waals surface area contributed by atoms with E-state index in [1.165, 1.54) is 12.8 Å². The van der Waals surface area contributed by atoms with Gasteiger partial charge in [-0.05, 0) is 37.5 Å². The standard InChI is InChI=1S/C17H27N3O2/c1-2-18-16(21)12-19-5-7-20(8-6-19)17(22)11-15-10-13-3-4-14(15)9-13/h3-4,13-15H,2,5-12H2,1H3,(H,18,21)/t13-,14+,15+/m1/s1. The Bertz CT molecular complexity index is 455. The Labute approximate surface area is 132 Å². The number of rotatable bonds is 5. The largest absolute Gasteiger partial charge is 0.355 e. The number of carbonyl (C=O) groups excluding carboxylic acids is 2. The van der Waals surface area contributed by atoms with Crippen LogP contribution in [0.25, 0.3) is 0 Å². The molecular weight excluding hydrogens is 278 g/mol. The fraction of sp³-hybridized carbons (Fsp3) is 0.765. The van der Waals surface area contributed by atoms with Crippen molar-refractivity contribution in [1.82, 2.24) is 15.1 Å². The summed E-state index contributed by atoms with van der Waals surface area (Å²) in [6, 6.07) is 0. The van der Waals surface area contributed by atoms with E-state index in [0.29, 0.717) is 37.3 Å². The van der Waals surface area contributed by atoms with E-state index in [0.717, 1.165) is 32.1 Å². The monoisotopic (exact) mass is 305 g/mol. The van der Waals surface area contributed by atoms with Crippen molar-refractivity contribution in [2.24, 2.45) is 17.8 Å². The van der Waals surface area contributed by atoms with Gasteiger partial charge in [-0.1, -0.05) is 12.2 Å². The lowest BCUT2D eigenvalue weighted by Gasteiger charge is -2.35. The van der Waals surface area contributed by atoms with Crippen LogP contribution in [0.1, 0.15) is 26.2 Å². The Morgan fingerprint density at radius 2 is 1.91 bits per heavy atom. The van der Waals surface area contributed by atoms with E-state index in [1.807, 2.05) is 11.8 Å². The number of likely N-dealkylation sites (N-methyl/N-ethyl adjacent to an activating group) is 1. The molecule has 5 nitrogen and oxygen atoms in total. The second-order valence-corrected chi connectivity index (χ2v) is 6.85. The molecule has 0 unspecified atom stereocenters. The summed E-state index contributed by atoms with van der Waals surface area (Å²) in [5, 5.41) is 2.82. The lowest BCUT2D eigenvalue weighted by Crippen LogP contribution is -2.51. The van der Waals surface area contributed by atoms with E-state index in [2.05, 4.69) is 22.4 Å². The molecule has 3 atom stereocenters. The van der Waals surface area contributed by atoms with Gasteiger partial charge in [0.1, 0.15) is 0 Å². The van der Waals surface area contributed by atoms with Crippen LogP contribution in [-0.2, 0) is 9.59 Å². The highest BCUT2D eigenvalue weighted by Crippen LogP contribution is 2.45. The summed E-state index contributed by atoms with van der Waals surface area (Å²) in [7, 11) is 0. The first-order valence-electron chi connectivity index (χ1n) is 8.61. The molecule has 2 aliphatic carbocycles. The van der Waals surface area contributed by atoms with Gasteiger partial charge in [-0.25, -0.2) is 0 Å². The number of nitrogens with one attached hydrogen (secondary N) is 1. The lowest BCUT2D eigenvalue weighted by atomic mass is 9.90. The van der Waals surface area contributed by atoms with Gasteiger partial charge in [0.15, 0.2) is 0 Å². The maximum atomic E-state index is 12.5. The Morgan fingerprint density at radius 3 is 2.50 bits per heavy atom. The maximum Gasteiger partial charge on any atom is 0.234 e. The van der Waals surface area contributed by atoms with Crippen LogP contribution in [0.5, 0.6) is 0 Å². The fourth-order valence-corrected chi connectivity index (χ4v) is 4.09. The summed E-state index contributed by atoms with van der Waals surface area (Å²) in [5.74, 6) is 2.33. The summed E-state index contributed by atoms with van der Waals surface area (Å²) >= 11 is 0. The first-order valence-corrected chi connectivity index (χ1v) is 8.61. The number of carbonyl (C=O) groups is 2. The summed E-state index contributed by atoms with van der Waals surface area (Å²) in [4.78, 5) is 28.2. The molecule has 0 aromatic carbocycles. The summed E-state index contributed by atoms with van der Waals surface area (Å²) in [6.07, 6.45) is 7.81. The second-order valence-electron chi connectivity index (χ2n) is 6.85. The van der Waals surface area contributed by atoms with Crippen molar-refractivity contribution in [2.45, 2.75) is 26.2 Å². The minimum absolute atomic E-state index is 0.0797. The van der Waals surface area contributed by atoms with Crippen molar-refractivity contribution in [3.63, 3.8) is 0 Å². The molecule has 0 aromatic rings. The summed E-state index contributed by atoms with van der Waals surface area (Å²) in [6.45, 7) is 6.19. The highest BCUT2D eigenvalue weighted by Gasteiger charge is 2.37. The normalized spacial score (nSPS) is 30.8. The third-order valence-electron chi connectivity index (χ3n) is 5.32. The number of piperazine rings is 1. The van der Waals surface area contributed by atoms with Gasteiger partial charge in [0.2, 0.25) is 11.8 Å². The van der Waals surface area contributed by atoms with E-state index < -0.39 is 0 Å². The Balaban J connectivity index is 1.40. The van der Waals surface area contributed by atoms with Crippen LogP contribution in [0.2, 0.25) is 0 Å². The molecule has 1 N–H and O–H groups in total. The molecule has 2 amide bonds. The van der Waals surface area contributed by atoms with Gasteiger partial charge in [-0.3, -0.25) is 14.5 Å². The quantitative estimate of drug-likeness (QED) is 0.767. The number of nitrogens with zero attached hydrogens (tertiary/aromatic N) is 2. The average molecular weight is 305 g/mol. The predicted molar refractivity (Wildman–Crippen MR) is 85.2 cm³/mol. The zero-order valence-corrected chi connectivity index (χ0v) is 13.5. The van der Waals surface area contributed by atoms with Crippen molar-refractivity contribution in [1.29, 1.82) is 0 Å². The molecule has 1 saturated carbocycles. The van der Waals surface area contributed by atoms with E-state index in [1.54, 1.807) is 0 Å². The summed E-state index contributed by atoms with van der Waals surface area (Å²) in [5.41, 5.74) is 0. The molecule has 5 heteroatoms. The van der Waals surface area contributed by atoms with Crippen LogP contribution < -0.4 is 5.32 Å². The van der Waals surface area contributed by atoms with E-state index in [9.17, 15) is 9.59 Å². The first kappa shape index (κ1) is 15.5. The zero-order valence-electron chi connectivity index (χ0n) is 13.5. The Hall–Kier alpha value is -1.36. The van der Waals surface area contributed by atoms with Gasteiger partial charge >= 0.3 is 0 Å². The third-order valence-corrected chi connectivity index (χ3v) is 5.32. The molecule has 0 radical (unpaired) electrons. The number of hydrogen-bond acceptors (Lipinski definition) is 3. The molecule has 2 fully saturated rings. The van der Waals surface area contributed by atoms with E-state index in [4.69, 9.17) is 0 Å². The third kappa shape index (κ3) is 3.51. The van der Waals surface area contributed by atoms with Crippen molar-refractivity contribution < 1.29 is 9.59 Å². The number of fused-ring (bicyclic) bond motifs is 2. The SMILES string of the molecule is CCNC(=O)CN1CCN(C(=O)C[C@@H]2C[C@@H]3C=C[C@H]2C3)CC1. The predicted octanol–water partition coefficient (Wildman–Crippen LogP) is 0.869. The molecule has 1 saturated heterocycles. The molecule has 3 aliphatic rings.